The summed E-state index contributed by atoms with van der Waals surface area (Å²) < 4.78 is 0. The molecule has 1 aromatic heterocycles. The predicted molar refractivity (Wildman–Crippen MR) is 85.7 cm³/mol. The third-order valence-corrected chi connectivity index (χ3v) is 4.53. The summed E-state index contributed by atoms with van der Waals surface area (Å²) >= 11 is 0. The van der Waals surface area contributed by atoms with E-state index in [9.17, 15) is 0 Å². The van der Waals surface area contributed by atoms with Gasteiger partial charge in [0.25, 0.3) is 0 Å². The number of aromatic nitrogens is 1. The van der Waals surface area contributed by atoms with Gasteiger partial charge in [-0.2, -0.15) is 0 Å². The smallest absolute Gasteiger partial charge is 0.0463 e. The zero-order valence-corrected chi connectivity index (χ0v) is 12.3. The number of nitrogens with two attached hydrogens (primary N) is 1. The van der Waals surface area contributed by atoms with Gasteiger partial charge in [0.1, 0.15) is 0 Å². The number of nitrogens with one attached hydrogen (secondary N) is 1. The normalized spacial score (nSPS) is 16.4. The third kappa shape index (κ3) is 3.49. The molecule has 1 unspecified atom stereocenters. The van der Waals surface area contributed by atoms with Crippen molar-refractivity contribution in [1.29, 1.82) is 0 Å². The van der Waals surface area contributed by atoms with E-state index in [1.165, 1.54) is 30.4 Å². The molecule has 3 N–H and O–H groups in total. The fourth-order valence-electron chi connectivity index (χ4n) is 2.93. The van der Waals surface area contributed by atoms with Crippen LogP contribution in [0.15, 0.2) is 48.7 Å². The maximum atomic E-state index is 5.73. The summed E-state index contributed by atoms with van der Waals surface area (Å²) in [7, 11) is 0. The van der Waals surface area contributed by atoms with Crippen molar-refractivity contribution in [3.8, 4) is 0 Å². The molecule has 2 aromatic rings. The Balaban J connectivity index is 1.62. The lowest BCUT2D eigenvalue weighted by Gasteiger charge is -2.26. The predicted octanol–water partition coefficient (Wildman–Crippen LogP) is 3.49. The topological polar surface area (TPSA) is 50.9 Å². The molecule has 0 saturated heterocycles. The van der Waals surface area contributed by atoms with E-state index in [-0.39, 0.29) is 6.04 Å². The molecular weight excluding hydrogens is 258 g/mol. The first kappa shape index (κ1) is 14.2. The van der Waals surface area contributed by atoms with Gasteiger partial charge < -0.3 is 0 Å². The second-order valence-corrected chi connectivity index (χ2v) is 5.87. The van der Waals surface area contributed by atoms with Crippen LogP contribution in [0.5, 0.6) is 0 Å². The molecule has 1 aliphatic carbocycles. The van der Waals surface area contributed by atoms with E-state index in [0.717, 1.165) is 24.5 Å². The highest BCUT2D eigenvalue weighted by Crippen LogP contribution is 2.36. The first-order valence-corrected chi connectivity index (χ1v) is 7.82. The van der Waals surface area contributed by atoms with Crippen LogP contribution in [0, 0.1) is 0 Å². The van der Waals surface area contributed by atoms with Crippen LogP contribution in [-0.4, -0.2) is 4.98 Å². The minimum Gasteiger partial charge on any atom is -0.271 e. The SMILES string of the molecule is NNC(CCc1ccccn1)c1ccc(C2CCC2)cc1. The Labute approximate surface area is 126 Å². The molecular formula is C18H23N3. The van der Waals surface area contributed by atoms with Gasteiger partial charge in [-0.05, 0) is 54.9 Å². The zero-order chi connectivity index (χ0) is 14.5. The van der Waals surface area contributed by atoms with Crippen molar-refractivity contribution in [3.05, 3.63) is 65.5 Å². The number of hydrazine groups is 1. The number of rotatable bonds is 6. The molecule has 1 aliphatic rings. The van der Waals surface area contributed by atoms with Gasteiger partial charge in [-0.15, -0.1) is 0 Å². The minimum absolute atomic E-state index is 0.183. The Hall–Kier alpha value is -1.71. The molecule has 3 nitrogen and oxygen atoms in total. The lowest BCUT2D eigenvalue weighted by molar-refractivity contribution is 0.419. The number of aryl methyl sites for hydroxylation is 1. The van der Waals surface area contributed by atoms with E-state index in [1.54, 1.807) is 0 Å². The molecule has 3 heteroatoms. The van der Waals surface area contributed by atoms with Gasteiger partial charge in [-0.25, -0.2) is 0 Å². The molecule has 110 valence electrons. The van der Waals surface area contributed by atoms with Crippen LogP contribution in [0.3, 0.4) is 0 Å². The van der Waals surface area contributed by atoms with E-state index in [2.05, 4.69) is 40.7 Å². The van der Waals surface area contributed by atoms with Crippen LogP contribution in [0.4, 0.5) is 0 Å². The second-order valence-electron chi connectivity index (χ2n) is 5.87. The van der Waals surface area contributed by atoms with Crippen LogP contribution >= 0.6 is 0 Å². The van der Waals surface area contributed by atoms with E-state index >= 15 is 0 Å². The van der Waals surface area contributed by atoms with Gasteiger partial charge in [-0.3, -0.25) is 16.3 Å². The van der Waals surface area contributed by atoms with Crippen LogP contribution < -0.4 is 11.3 Å². The molecule has 1 atom stereocenters. The monoisotopic (exact) mass is 281 g/mol. The van der Waals surface area contributed by atoms with Gasteiger partial charge in [0, 0.05) is 17.9 Å². The van der Waals surface area contributed by atoms with E-state index in [1.807, 2.05) is 18.3 Å². The first-order chi connectivity index (χ1) is 10.4. The number of pyridine rings is 1. The summed E-state index contributed by atoms with van der Waals surface area (Å²) in [6.45, 7) is 0. The van der Waals surface area contributed by atoms with E-state index < -0.39 is 0 Å². The van der Waals surface area contributed by atoms with Crippen molar-refractivity contribution in [2.24, 2.45) is 5.84 Å². The molecule has 0 radical (unpaired) electrons. The summed E-state index contributed by atoms with van der Waals surface area (Å²) in [5, 5.41) is 0. The highest BCUT2D eigenvalue weighted by atomic mass is 15.2. The average Bonchev–Trinajstić information content (AvgIpc) is 2.49. The van der Waals surface area contributed by atoms with Crippen molar-refractivity contribution >= 4 is 0 Å². The molecule has 0 aliphatic heterocycles. The molecule has 1 saturated carbocycles. The van der Waals surface area contributed by atoms with Crippen molar-refractivity contribution in [3.63, 3.8) is 0 Å². The zero-order valence-electron chi connectivity index (χ0n) is 12.3. The lowest BCUT2D eigenvalue weighted by atomic mass is 9.80. The molecule has 21 heavy (non-hydrogen) atoms. The van der Waals surface area contributed by atoms with Gasteiger partial charge in [0.2, 0.25) is 0 Å². The van der Waals surface area contributed by atoms with Gasteiger partial charge in [-0.1, -0.05) is 36.8 Å². The summed E-state index contributed by atoms with van der Waals surface area (Å²) in [4.78, 5) is 4.37. The minimum atomic E-state index is 0.183. The van der Waals surface area contributed by atoms with Crippen LogP contribution in [0.2, 0.25) is 0 Å². The Morgan fingerprint density at radius 1 is 1.14 bits per heavy atom. The number of hydrogen-bond acceptors (Lipinski definition) is 3. The maximum absolute atomic E-state index is 5.73. The Morgan fingerprint density at radius 2 is 1.95 bits per heavy atom. The van der Waals surface area contributed by atoms with Crippen molar-refractivity contribution < 1.29 is 0 Å². The Kier molecular flexibility index (Phi) is 4.63. The molecule has 0 amide bonds. The molecule has 1 heterocycles. The molecule has 0 spiro atoms. The highest BCUT2D eigenvalue weighted by Gasteiger charge is 2.19. The molecule has 1 fully saturated rings. The van der Waals surface area contributed by atoms with Crippen LogP contribution in [-0.2, 0) is 6.42 Å². The van der Waals surface area contributed by atoms with Crippen molar-refractivity contribution in [2.45, 2.75) is 44.1 Å². The Morgan fingerprint density at radius 3 is 2.52 bits per heavy atom. The van der Waals surface area contributed by atoms with E-state index in [0.29, 0.717) is 0 Å². The van der Waals surface area contributed by atoms with Gasteiger partial charge >= 0.3 is 0 Å². The lowest BCUT2D eigenvalue weighted by Crippen LogP contribution is -2.28. The summed E-state index contributed by atoms with van der Waals surface area (Å²) in [5.74, 6) is 6.52. The fourth-order valence-corrected chi connectivity index (χ4v) is 2.93. The average molecular weight is 281 g/mol. The molecule has 0 bridgehead atoms. The molecule has 3 rings (SSSR count). The van der Waals surface area contributed by atoms with Crippen molar-refractivity contribution in [2.75, 3.05) is 0 Å². The third-order valence-electron chi connectivity index (χ3n) is 4.53. The summed E-state index contributed by atoms with van der Waals surface area (Å²) in [6, 6.07) is 15.2. The fraction of sp³-hybridized carbons (Fsp3) is 0.389. The van der Waals surface area contributed by atoms with Gasteiger partial charge in [0.15, 0.2) is 0 Å². The summed E-state index contributed by atoms with van der Waals surface area (Å²) in [6.07, 6.45) is 7.79. The van der Waals surface area contributed by atoms with Crippen LogP contribution in [0.1, 0.15) is 54.5 Å². The second kappa shape index (κ2) is 6.83. The van der Waals surface area contributed by atoms with E-state index in [4.69, 9.17) is 5.84 Å². The Bertz CT molecular complexity index is 546. The quantitative estimate of drug-likeness (QED) is 0.629. The van der Waals surface area contributed by atoms with Crippen molar-refractivity contribution in [1.82, 2.24) is 10.4 Å². The molecule has 1 aromatic carbocycles. The number of hydrogen-bond donors (Lipinski definition) is 2. The maximum Gasteiger partial charge on any atom is 0.0463 e. The summed E-state index contributed by atoms with van der Waals surface area (Å²) in [5.41, 5.74) is 6.79. The first-order valence-electron chi connectivity index (χ1n) is 7.82. The standard InChI is InChI=1S/C18H23N3/c19-21-18(12-11-17-6-1-2-13-20-17)16-9-7-15(8-10-16)14-4-3-5-14/h1-2,6-10,13-14,18,21H,3-5,11-12,19H2. The number of benzene rings is 1. The largest absolute Gasteiger partial charge is 0.271 e. The van der Waals surface area contributed by atoms with Gasteiger partial charge in [0.05, 0.1) is 0 Å². The highest BCUT2D eigenvalue weighted by molar-refractivity contribution is 5.28. The van der Waals surface area contributed by atoms with Crippen LogP contribution in [0.25, 0.3) is 0 Å². The number of nitrogens with zero attached hydrogens (tertiary/aromatic N) is 1.